The van der Waals surface area contributed by atoms with Gasteiger partial charge in [0.15, 0.2) is 0 Å². The maximum absolute atomic E-state index is 12.3. The van der Waals surface area contributed by atoms with Crippen molar-refractivity contribution in [1.29, 1.82) is 0 Å². The number of likely N-dealkylation sites (tertiary alicyclic amines) is 1. The summed E-state index contributed by atoms with van der Waals surface area (Å²) in [7, 11) is 3.23. The number of hydrogen-bond donors (Lipinski definition) is 1. The fourth-order valence-electron chi connectivity index (χ4n) is 3.78. The molecule has 0 unspecified atom stereocenters. The number of amides is 1. The van der Waals surface area contributed by atoms with E-state index in [1.165, 1.54) is 0 Å². The van der Waals surface area contributed by atoms with Gasteiger partial charge >= 0.3 is 0 Å². The lowest BCUT2D eigenvalue weighted by molar-refractivity contribution is -0.116. The molecule has 29 heavy (non-hydrogen) atoms. The molecular weight excluding hydrogens is 392 g/mol. The fourth-order valence-corrected chi connectivity index (χ4v) is 4.04. The molecule has 2 aromatic rings. The molecule has 6 nitrogen and oxygen atoms in total. The number of piperidine rings is 1. The maximum atomic E-state index is 12.3. The number of nitrogens with zero attached hydrogens (tertiary/aromatic N) is 1. The van der Waals surface area contributed by atoms with Crippen LogP contribution in [0.4, 0.5) is 5.69 Å². The van der Waals surface area contributed by atoms with Gasteiger partial charge in [-0.2, -0.15) is 0 Å². The number of nitrogens with one attached hydrogen (secondary N) is 1. The van der Waals surface area contributed by atoms with Crippen molar-refractivity contribution in [2.75, 3.05) is 32.6 Å². The van der Waals surface area contributed by atoms with Crippen molar-refractivity contribution in [3.8, 4) is 5.75 Å². The molecule has 1 aliphatic rings. The quantitative estimate of drug-likeness (QED) is 0.636. The lowest BCUT2D eigenvalue weighted by Crippen LogP contribution is -2.35. The summed E-state index contributed by atoms with van der Waals surface area (Å²) in [5, 5.41) is 3.41. The Morgan fingerprint density at radius 2 is 2.10 bits per heavy atom. The highest BCUT2D eigenvalue weighted by Gasteiger charge is 2.21. The van der Waals surface area contributed by atoms with Gasteiger partial charge in [0, 0.05) is 25.8 Å². The first-order chi connectivity index (χ1) is 14.1. The lowest BCUT2D eigenvalue weighted by atomic mass is 9.93. The van der Waals surface area contributed by atoms with E-state index >= 15 is 0 Å². The number of carbonyl (C=O) groups excluding carboxylic acids is 1. The third-order valence-corrected chi connectivity index (χ3v) is 5.50. The monoisotopic (exact) mass is 420 g/mol. The second-order valence-corrected chi connectivity index (χ2v) is 7.89. The molecule has 0 radical (unpaired) electrons. The van der Waals surface area contributed by atoms with Gasteiger partial charge in [-0.1, -0.05) is 11.6 Å². The predicted molar refractivity (Wildman–Crippen MR) is 113 cm³/mol. The highest BCUT2D eigenvalue weighted by atomic mass is 35.5. The average molecular weight is 421 g/mol. The number of halogens is 1. The molecule has 0 spiro atoms. The van der Waals surface area contributed by atoms with Crippen LogP contribution in [0, 0.1) is 5.92 Å². The molecule has 1 fully saturated rings. The van der Waals surface area contributed by atoms with E-state index in [1.807, 2.05) is 12.1 Å². The summed E-state index contributed by atoms with van der Waals surface area (Å²) in [5.41, 5.74) is 0.691. The second kappa shape index (κ2) is 10.7. The van der Waals surface area contributed by atoms with Crippen LogP contribution in [0.3, 0.4) is 0 Å². The predicted octanol–water partition coefficient (Wildman–Crippen LogP) is 4.72. The maximum Gasteiger partial charge on any atom is 0.224 e. The molecule has 1 N–H and O–H groups in total. The minimum absolute atomic E-state index is 0.0126. The number of methoxy groups -OCH3 is 2. The van der Waals surface area contributed by atoms with Gasteiger partial charge in [0.05, 0.1) is 18.7 Å². The minimum Gasteiger partial charge on any atom is -0.495 e. The van der Waals surface area contributed by atoms with Crippen LogP contribution in [0.25, 0.3) is 0 Å². The summed E-state index contributed by atoms with van der Waals surface area (Å²) >= 11 is 6.12. The highest BCUT2D eigenvalue weighted by Crippen LogP contribution is 2.28. The molecule has 0 aliphatic carbocycles. The number of carbonyl (C=O) groups is 1. The highest BCUT2D eigenvalue weighted by molar-refractivity contribution is 6.32. The molecule has 1 aromatic carbocycles. The van der Waals surface area contributed by atoms with Crippen LogP contribution in [-0.2, 0) is 22.7 Å². The van der Waals surface area contributed by atoms with Crippen molar-refractivity contribution in [1.82, 2.24) is 4.90 Å². The molecule has 158 valence electrons. The molecule has 0 bridgehead atoms. The van der Waals surface area contributed by atoms with Crippen molar-refractivity contribution in [2.45, 2.75) is 38.8 Å². The van der Waals surface area contributed by atoms with E-state index in [1.54, 1.807) is 32.4 Å². The Balaban J connectivity index is 1.43. The van der Waals surface area contributed by atoms with E-state index < -0.39 is 0 Å². The Bertz CT molecular complexity index is 808. The van der Waals surface area contributed by atoms with E-state index in [9.17, 15) is 4.79 Å². The van der Waals surface area contributed by atoms with Crippen molar-refractivity contribution in [3.63, 3.8) is 0 Å². The smallest absolute Gasteiger partial charge is 0.224 e. The molecule has 1 aromatic heterocycles. The van der Waals surface area contributed by atoms with Crippen molar-refractivity contribution >= 4 is 23.2 Å². The standard InChI is InChI=1S/C22H29ClN2O4/c1-27-15-19-8-7-18(29-19)14-25-11-3-4-16(13-25)5-10-22(26)24-17-6-9-21(28-2)20(23)12-17/h6-9,12,16H,3-5,10-11,13-15H2,1-2H3,(H,24,26)/t16-/m1/s1. The van der Waals surface area contributed by atoms with Gasteiger partial charge in [0.1, 0.15) is 23.9 Å². The van der Waals surface area contributed by atoms with E-state index in [4.69, 9.17) is 25.5 Å². The van der Waals surface area contributed by atoms with Gasteiger partial charge in [-0.3, -0.25) is 9.69 Å². The number of ether oxygens (including phenoxy) is 2. The molecule has 0 saturated carbocycles. The van der Waals surface area contributed by atoms with Gasteiger partial charge < -0.3 is 19.2 Å². The van der Waals surface area contributed by atoms with Crippen LogP contribution < -0.4 is 10.1 Å². The summed E-state index contributed by atoms with van der Waals surface area (Å²) in [5.74, 6) is 2.94. The van der Waals surface area contributed by atoms with Gasteiger partial charge in [0.25, 0.3) is 0 Å². The Morgan fingerprint density at radius 1 is 1.28 bits per heavy atom. The summed E-state index contributed by atoms with van der Waals surface area (Å²) < 4.78 is 16.0. The van der Waals surface area contributed by atoms with Crippen molar-refractivity contribution in [3.05, 3.63) is 46.9 Å². The third-order valence-electron chi connectivity index (χ3n) is 5.20. The van der Waals surface area contributed by atoms with Crippen molar-refractivity contribution < 1.29 is 18.7 Å². The number of furan rings is 1. The molecule has 1 aliphatic heterocycles. The topological polar surface area (TPSA) is 63.9 Å². The molecular formula is C22H29ClN2O4. The van der Waals surface area contributed by atoms with Gasteiger partial charge in [-0.25, -0.2) is 0 Å². The largest absolute Gasteiger partial charge is 0.495 e. The fraction of sp³-hybridized carbons (Fsp3) is 0.500. The van der Waals surface area contributed by atoms with Gasteiger partial charge in [-0.15, -0.1) is 0 Å². The number of benzene rings is 1. The zero-order valence-electron chi connectivity index (χ0n) is 17.1. The summed E-state index contributed by atoms with van der Waals surface area (Å²) in [6.45, 7) is 3.35. The zero-order chi connectivity index (χ0) is 20.6. The molecule has 1 amide bonds. The SMILES string of the molecule is COCc1ccc(CN2CCC[C@H](CCC(=O)Nc3ccc(OC)c(Cl)c3)C2)o1. The first kappa shape index (κ1) is 21.7. The lowest BCUT2D eigenvalue weighted by Gasteiger charge is -2.32. The number of rotatable bonds is 9. The molecule has 3 rings (SSSR count). The van der Waals surface area contributed by atoms with Gasteiger partial charge in [-0.05, 0) is 62.1 Å². The Kier molecular flexibility index (Phi) is 7.98. The van der Waals surface area contributed by atoms with Crippen LogP contribution >= 0.6 is 11.6 Å². The van der Waals surface area contributed by atoms with Crippen molar-refractivity contribution in [2.24, 2.45) is 5.92 Å². The van der Waals surface area contributed by atoms with Crippen LogP contribution in [-0.4, -0.2) is 38.1 Å². The molecule has 1 atom stereocenters. The average Bonchev–Trinajstić information content (AvgIpc) is 3.14. The number of hydrogen-bond acceptors (Lipinski definition) is 5. The number of anilines is 1. The van der Waals surface area contributed by atoms with Crippen LogP contribution in [0.1, 0.15) is 37.2 Å². The van der Waals surface area contributed by atoms with E-state index in [-0.39, 0.29) is 5.91 Å². The minimum atomic E-state index is 0.0126. The molecule has 2 heterocycles. The molecule has 1 saturated heterocycles. The first-order valence-electron chi connectivity index (χ1n) is 9.99. The Morgan fingerprint density at radius 3 is 2.86 bits per heavy atom. The van der Waals surface area contributed by atoms with Crippen LogP contribution in [0.15, 0.2) is 34.7 Å². The normalized spacial score (nSPS) is 17.3. The summed E-state index contributed by atoms with van der Waals surface area (Å²) in [6.07, 6.45) is 3.68. The Hall–Kier alpha value is -2.02. The van der Waals surface area contributed by atoms with Crippen LogP contribution in [0.5, 0.6) is 5.75 Å². The van der Waals surface area contributed by atoms with E-state index in [0.29, 0.717) is 35.4 Å². The van der Waals surface area contributed by atoms with Crippen LogP contribution in [0.2, 0.25) is 5.02 Å². The third kappa shape index (κ3) is 6.49. The molecule has 7 heteroatoms. The zero-order valence-corrected chi connectivity index (χ0v) is 17.8. The van der Waals surface area contributed by atoms with E-state index in [0.717, 1.165) is 50.4 Å². The van der Waals surface area contributed by atoms with Gasteiger partial charge in [0.2, 0.25) is 5.91 Å². The van der Waals surface area contributed by atoms with E-state index in [2.05, 4.69) is 10.2 Å². The summed E-state index contributed by atoms with van der Waals surface area (Å²) in [4.78, 5) is 14.7. The second-order valence-electron chi connectivity index (χ2n) is 7.48. The Labute approximate surface area is 177 Å². The summed E-state index contributed by atoms with van der Waals surface area (Å²) in [6, 6.07) is 9.25. The first-order valence-corrected chi connectivity index (χ1v) is 10.4.